The van der Waals surface area contributed by atoms with E-state index in [1.807, 2.05) is 6.07 Å². The van der Waals surface area contributed by atoms with Crippen molar-refractivity contribution in [2.75, 3.05) is 17.2 Å². The van der Waals surface area contributed by atoms with Crippen molar-refractivity contribution in [2.45, 2.75) is 39.7 Å². The Morgan fingerprint density at radius 3 is 2.55 bits per heavy atom. The predicted octanol–water partition coefficient (Wildman–Crippen LogP) is 4.10. The second-order valence-corrected chi connectivity index (χ2v) is 6.04. The topological polar surface area (TPSA) is 49.8 Å². The van der Waals surface area contributed by atoms with E-state index in [1.54, 1.807) is 11.3 Å². The highest BCUT2D eigenvalue weighted by Crippen LogP contribution is 2.18. The van der Waals surface area contributed by atoms with Crippen LogP contribution in [0.3, 0.4) is 0 Å². The van der Waals surface area contributed by atoms with Crippen molar-refractivity contribution in [1.29, 1.82) is 0 Å². The molecule has 0 aliphatic rings. The molecule has 0 unspecified atom stereocenters. The van der Waals surface area contributed by atoms with Gasteiger partial charge in [-0.1, -0.05) is 26.8 Å². The van der Waals surface area contributed by atoms with Crippen LogP contribution in [-0.4, -0.2) is 16.5 Å². The highest BCUT2D eigenvalue weighted by Gasteiger charge is 2.08. The Morgan fingerprint density at radius 2 is 1.95 bits per heavy atom. The van der Waals surface area contributed by atoms with Gasteiger partial charge in [-0.25, -0.2) is 9.97 Å². The summed E-state index contributed by atoms with van der Waals surface area (Å²) < 4.78 is 0. The molecular weight excluding hydrogens is 268 g/mol. The highest BCUT2D eigenvalue weighted by molar-refractivity contribution is 7.09. The van der Waals surface area contributed by atoms with E-state index in [0.717, 1.165) is 37.0 Å². The van der Waals surface area contributed by atoms with Gasteiger partial charge in [0.15, 0.2) is 0 Å². The average Bonchev–Trinajstić information content (AvgIpc) is 2.96. The Kier molecular flexibility index (Phi) is 5.35. The molecule has 2 aromatic rings. The van der Waals surface area contributed by atoms with Gasteiger partial charge in [0.05, 0.1) is 6.54 Å². The molecule has 0 aliphatic carbocycles. The third-order valence-electron chi connectivity index (χ3n) is 2.84. The van der Waals surface area contributed by atoms with Crippen LogP contribution in [0.25, 0.3) is 0 Å². The summed E-state index contributed by atoms with van der Waals surface area (Å²) in [6.45, 7) is 8.11. The number of aromatic nitrogens is 2. The van der Waals surface area contributed by atoms with Crippen LogP contribution in [0.4, 0.5) is 11.6 Å². The zero-order valence-corrected chi connectivity index (χ0v) is 13.1. The molecule has 4 nitrogen and oxygen atoms in total. The van der Waals surface area contributed by atoms with E-state index in [4.69, 9.17) is 0 Å². The Hall–Kier alpha value is -1.62. The number of nitrogens with one attached hydrogen (secondary N) is 2. The predicted molar refractivity (Wildman–Crippen MR) is 86.5 cm³/mol. The van der Waals surface area contributed by atoms with E-state index in [2.05, 4.69) is 58.9 Å². The van der Waals surface area contributed by atoms with Gasteiger partial charge in [0.2, 0.25) is 0 Å². The van der Waals surface area contributed by atoms with Crippen LogP contribution in [0.1, 0.15) is 43.8 Å². The summed E-state index contributed by atoms with van der Waals surface area (Å²) in [6, 6.07) is 6.17. The largest absolute Gasteiger partial charge is 0.370 e. The van der Waals surface area contributed by atoms with Gasteiger partial charge in [-0.05, 0) is 17.9 Å². The summed E-state index contributed by atoms with van der Waals surface area (Å²) in [5.41, 5.74) is 0. The lowest BCUT2D eigenvalue weighted by molar-refractivity contribution is 0.774. The van der Waals surface area contributed by atoms with Gasteiger partial charge in [-0.3, -0.25) is 0 Å². The van der Waals surface area contributed by atoms with Crippen molar-refractivity contribution in [2.24, 2.45) is 0 Å². The molecule has 0 aliphatic heterocycles. The third-order valence-corrected chi connectivity index (χ3v) is 3.72. The minimum absolute atomic E-state index is 0.320. The molecule has 0 aromatic carbocycles. The van der Waals surface area contributed by atoms with Gasteiger partial charge in [0.25, 0.3) is 0 Å². The number of rotatable bonds is 7. The van der Waals surface area contributed by atoms with Crippen molar-refractivity contribution in [3.05, 3.63) is 34.3 Å². The Balaban J connectivity index is 2.11. The third kappa shape index (κ3) is 4.20. The van der Waals surface area contributed by atoms with Gasteiger partial charge < -0.3 is 10.6 Å². The maximum absolute atomic E-state index is 4.58. The average molecular weight is 290 g/mol. The molecule has 5 heteroatoms. The fourth-order valence-electron chi connectivity index (χ4n) is 1.75. The molecule has 0 spiro atoms. The van der Waals surface area contributed by atoms with Gasteiger partial charge in [-0.2, -0.15) is 0 Å². The molecule has 0 saturated carbocycles. The number of anilines is 2. The zero-order valence-electron chi connectivity index (χ0n) is 12.3. The van der Waals surface area contributed by atoms with Crippen LogP contribution in [0, 0.1) is 0 Å². The molecule has 0 bridgehead atoms. The number of hydrogen-bond donors (Lipinski definition) is 2. The number of nitrogens with zero attached hydrogens (tertiary/aromatic N) is 2. The van der Waals surface area contributed by atoms with Crippen molar-refractivity contribution in [1.82, 2.24) is 9.97 Å². The van der Waals surface area contributed by atoms with Gasteiger partial charge in [-0.15, -0.1) is 11.3 Å². The van der Waals surface area contributed by atoms with Crippen LogP contribution < -0.4 is 10.6 Å². The first kappa shape index (κ1) is 14.8. The van der Waals surface area contributed by atoms with Crippen molar-refractivity contribution >= 4 is 23.0 Å². The Labute approximate surface area is 124 Å². The minimum Gasteiger partial charge on any atom is -0.370 e. The first-order chi connectivity index (χ1) is 9.69. The Bertz CT molecular complexity index is 523. The van der Waals surface area contributed by atoms with E-state index in [0.29, 0.717) is 5.92 Å². The first-order valence-corrected chi connectivity index (χ1v) is 7.96. The Morgan fingerprint density at radius 1 is 1.20 bits per heavy atom. The smallest absolute Gasteiger partial charge is 0.135 e. The lowest BCUT2D eigenvalue weighted by atomic mass is 10.2. The molecular formula is C15H22N4S. The molecule has 2 rings (SSSR count). The first-order valence-electron chi connectivity index (χ1n) is 7.08. The maximum atomic E-state index is 4.58. The van der Waals surface area contributed by atoms with E-state index in [-0.39, 0.29) is 0 Å². The minimum atomic E-state index is 0.320. The fourth-order valence-corrected chi connectivity index (χ4v) is 2.39. The molecule has 2 N–H and O–H groups in total. The maximum Gasteiger partial charge on any atom is 0.135 e. The second-order valence-electron chi connectivity index (χ2n) is 5.01. The molecule has 0 fully saturated rings. The van der Waals surface area contributed by atoms with E-state index >= 15 is 0 Å². The summed E-state index contributed by atoms with van der Waals surface area (Å²) in [6.07, 6.45) is 1.08. The van der Waals surface area contributed by atoms with Crippen LogP contribution in [0.15, 0.2) is 23.6 Å². The number of hydrogen-bond acceptors (Lipinski definition) is 5. The fraction of sp³-hybridized carbons (Fsp3) is 0.467. The summed E-state index contributed by atoms with van der Waals surface area (Å²) in [5.74, 6) is 2.98. The normalized spacial score (nSPS) is 10.8. The lowest BCUT2D eigenvalue weighted by Crippen LogP contribution is -2.09. The molecule has 0 atom stereocenters. The summed E-state index contributed by atoms with van der Waals surface area (Å²) in [4.78, 5) is 10.4. The van der Waals surface area contributed by atoms with Crippen molar-refractivity contribution in [3.63, 3.8) is 0 Å². The van der Waals surface area contributed by atoms with E-state index in [1.165, 1.54) is 4.88 Å². The monoisotopic (exact) mass is 290 g/mol. The van der Waals surface area contributed by atoms with E-state index < -0.39 is 0 Å². The van der Waals surface area contributed by atoms with Gasteiger partial charge in [0, 0.05) is 23.4 Å². The van der Waals surface area contributed by atoms with Gasteiger partial charge in [0.1, 0.15) is 17.5 Å². The molecule has 108 valence electrons. The quantitative estimate of drug-likeness (QED) is 0.806. The van der Waals surface area contributed by atoms with Crippen molar-refractivity contribution < 1.29 is 0 Å². The van der Waals surface area contributed by atoms with Crippen LogP contribution in [0.2, 0.25) is 0 Å². The van der Waals surface area contributed by atoms with Crippen LogP contribution in [-0.2, 0) is 6.54 Å². The summed E-state index contributed by atoms with van der Waals surface area (Å²) in [5, 5.41) is 8.80. The summed E-state index contributed by atoms with van der Waals surface area (Å²) in [7, 11) is 0. The molecule has 0 amide bonds. The molecule has 2 aromatic heterocycles. The zero-order chi connectivity index (χ0) is 14.4. The SMILES string of the molecule is CCCNc1cc(NCc2cccs2)nc(C(C)C)n1. The molecule has 0 saturated heterocycles. The highest BCUT2D eigenvalue weighted by atomic mass is 32.1. The molecule has 2 heterocycles. The van der Waals surface area contributed by atoms with Crippen LogP contribution in [0.5, 0.6) is 0 Å². The molecule has 0 radical (unpaired) electrons. The summed E-state index contributed by atoms with van der Waals surface area (Å²) >= 11 is 1.75. The van der Waals surface area contributed by atoms with Gasteiger partial charge >= 0.3 is 0 Å². The lowest BCUT2D eigenvalue weighted by Gasteiger charge is -2.12. The second kappa shape index (κ2) is 7.24. The van der Waals surface area contributed by atoms with Crippen LogP contribution >= 0.6 is 11.3 Å². The van der Waals surface area contributed by atoms with E-state index in [9.17, 15) is 0 Å². The standard InChI is InChI=1S/C15H22N4S/c1-4-7-16-13-9-14(19-15(18-13)11(2)3)17-10-12-6-5-8-20-12/h5-6,8-9,11H,4,7,10H2,1-3H3,(H2,16,17,18,19). The number of thiophene rings is 1. The van der Waals surface area contributed by atoms with Crippen molar-refractivity contribution in [3.8, 4) is 0 Å². The molecule has 20 heavy (non-hydrogen) atoms.